The Labute approximate surface area is 178 Å². The first-order valence-electron chi connectivity index (χ1n) is 10.2. The number of nitrogens with one attached hydrogen (secondary N) is 2. The molecule has 2 aliphatic heterocycles. The first-order valence-corrected chi connectivity index (χ1v) is 10.2. The van der Waals surface area contributed by atoms with Crippen molar-refractivity contribution in [3.63, 3.8) is 0 Å². The highest BCUT2D eigenvalue weighted by Gasteiger charge is 2.20. The number of guanidine groups is 1. The lowest BCUT2D eigenvalue weighted by atomic mass is 9.93. The number of piperidine rings is 2. The van der Waals surface area contributed by atoms with E-state index in [-0.39, 0.29) is 24.0 Å². The molecule has 0 radical (unpaired) electrons. The van der Waals surface area contributed by atoms with Gasteiger partial charge >= 0.3 is 0 Å². The average molecular weight is 477 g/mol. The zero-order chi connectivity index (χ0) is 18.1. The highest BCUT2D eigenvalue weighted by Crippen LogP contribution is 2.19. The lowest BCUT2D eigenvalue weighted by molar-refractivity contribution is 0.187. The number of halogens is 1. The third kappa shape index (κ3) is 8.57. The molecule has 2 fully saturated rings. The van der Waals surface area contributed by atoms with Gasteiger partial charge in [0.15, 0.2) is 5.96 Å². The van der Waals surface area contributed by atoms with Crippen LogP contribution in [0.1, 0.15) is 46.0 Å². The molecule has 2 aliphatic rings. The predicted octanol–water partition coefficient (Wildman–Crippen LogP) is 2.93. The molecule has 0 aliphatic carbocycles. The van der Waals surface area contributed by atoms with E-state index in [1.54, 1.807) is 0 Å². The van der Waals surface area contributed by atoms with E-state index in [2.05, 4.69) is 45.9 Å². The first-order chi connectivity index (χ1) is 12.1. The summed E-state index contributed by atoms with van der Waals surface area (Å²) in [5, 5.41) is 7.15. The van der Waals surface area contributed by atoms with Crippen LogP contribution < -0.4 is 10.6 Å². The van der Waals surface area contributed by atoms with Gasteiger partial charge in [0.25, 0.3) is 0 Å². The van der Waals surface area contributed by atoms with Crippen LogP contribution >= 0.6 is 24.0 Å². The number of hydrogen-bond acceptors (Lipinski definition) is 3. The van der Waals surface area contributed by atoms with E-state index in [1.165, 1.54) is 57.3 Å². The van der Waals surface area contributed by atoms with Crippen LogP contribution in [0.15, 0.2) is 17.1 Å². The first kappa shape index (κ1) is 23.7. The largest absolute Gasteiger partial charge is 0.356 e. The standard InChI is InChI=1S/C20H39N5.HI/c1-5-24-12-7-18(8-13-24)6-11-22-20(21-4)23-19-9-14-25(15-10-19)16-17(2)3;/h18-19H,2,5-16H2,1,3-4H3,(H2,21,22,23);1H. The molecular formula is C20H40IN5. The van der Waals surface area contributed by atoms with Gasteiger partial charge in [0.2, 0.25) is 0 Å². The predicted molar refractivity (Wildman–Crippen MR) is 124 cm³/mol. The normalized spacial score (nSPS) is 21.3. The highest BCUT2D eigenvalue weighted by atomic mass is 127. The van der Waals surface area contributed by atoms with Crippen molar-refractivity contribution in [2.75, 3.05) is 52.9 Å². The van der Waals surface area contributed by atoms with Gasteiger partial charge in [0.05, 0.1) is 0 Å². The Bertz CT molecular complexity index is 424. The summed E-state index contributed by atoms with van der Waals surface area (Å²) in [7, 11) is 1.88. The molecule has 152 valence electrons. The van der Waals surface area contributed by atoms with Gasteiger partial charge < -0.3 is 15.5 Å². The topological polar surface area (TPSA) is 42.9 Å². The summed E-state index contributed by atoms with van der Waals surface area (Å²) >= 11 is 0. The van der Waals surface area contributed by atoms with Gasteiger partial charge in [-0.15, -0.1) is 24.0 Å². The van der Waals surface area contributed by atoms with Crippen molar-refractivity contribution in [1.29, 1.82) is 0 Å². The minimum absolute atomic E-state index is 0. The van der Waals surface area contributed by atoms with E-state index < -0.39 is 0 Å². The molecular weight excluding hydrogens is 437 g/mol. The molecule has 2 N–H and O–H groups in total. The molecule has 0 amide bonds. The number of hydrogen-bond donors (Lipinski definition) is 2. The molecule has 2 heterocycles. The molecule has 5 nitrogen and oxygen atoms in total. The fourth-order valence-electron chi connectivity index (χ4n) is 3.99. The second kappa shape index (κ2) is 12.9. The Morgan fingerprint density at radius 2 is 1.69 bits per heavy atom. The van der Waals surface area contributed by atoms with Crippen molar-refractivity contribution in [1.82, 2.24) is 20.4 Å². The third-order valence-electron chi connectivity index (χ3n) is 5.64. The molecule has 0 saturated carbocycles. The van der Waals surface area contributed by atoms with Crippen LogP contribution in [0, 0.1) is 5.92 Å². The van der Waals surface area contributed by atoms with Crippen LogP contribution in [0.4, 0.5) is 0 Å². The lowest BCUT2D eigenvalue weighted by Gasteiger charge is -2.33. The van der Waals surface area contributed by atoms with Crippen molar-refractivity contribution in [2.45, 2.75) is 52.0 Å². The number of rotatable bonds is 7. The molecule has 0 aromatic rings. The van der Waals surface area contributed by atoms with Gasteiger partial charge in [-0.2, -0.15) is 0 Å². The van der Waals surface area contributed by atoms with Crippen molar-refractivity contribution in [2.24, 2.45) is 10.9 Å². The molecule has 0 aromatic heterocycles. The van der Waals surface area contributed by atoms with E-state index in [1.807, 2.05) is 7.05 Å². The van der Waals surface area contributed by atoms with Crippen LogP contribution in [-0.4, -0.2) is 74.7 Å². The molecule has 6 heteroatoms. The van der Waals surface area contributed by atoms with Gasteiger partial charge in [-0.25, -0.2) is 0 Å². The summed E-state index contributed by atoms with van der Waals surface area (Å²) in [5.41, 5.74) is 1.26. The maximum absolute atomic E-state index is 4.42. The summed E-state index contributed by atoms with van der Waals surface area (Å²) in [6.45, 7) is 16.5. The second-order valence-electron chi connectivity index (χ2n) is 7.82. The Kier molecular flexibility index (Phi) is 11.8. The van der Waals surface area contributed by atoms with Crippen LogP contribution in [0.3, 0.4) is 0 Å². The van der Waals surface area contributed by atoms with Crippen molar-refractivity contribution in [3.8, 4) is 0 Å². The fourth-order valence-corrected chi connectivity index (χ4v) is 3.99. The minimum Gasteiger partial charge on any atom is -0.356 e. The number of nitrogens with zero attached hydrogens (tertiary/aromatic N) is 3. The van der Waals surface area contributed by atoms with Crippen LogP contribution in [0.2, 0.25) is 0 Å². The van der Waals surface area contributed by atoms with Crippen LogP contribution in [-0.2, 0) is 0 Å². The number of likely N-dealkylation sites (tertiary alicyclic amines) is 2. The maximum Gasteiger partial charge on any atom is 0.191 e. The molecule has 0 bridgehead atoms. The van der Waals surface area contributed by atoms with E-state index in [0.29, 0.717) is 6.04 Å². The molecule has 2 rings (SSSR count). The molecule has 0 spiro atoms. The summed E-state index contributed by atoms with van der Waals surface area (Å²) in [4.78, 5) is 9.48. The van der Waals surface area contributed by atoms with E-state index in [4.69, 9.17) is 0 Å². The summed E-state index contributed by atoms with van der Waals surface area (Å²) in [6.07, 6.45) is 6.33. The molecule has 0 unspecified atom stereocenters. The highest BCUT2D eigenvalue weighted by molar-refractivity contribution is 14.0. The zero-order valence-corrected chi connectivity index (χ0v) is 19.4. The Hall–Kier alpha value is -0.340. The maximum atomic E-state index is 4.42. The summed E-state index contributed by atoms with van der Waals surface area (Å²) < 4.78 is 0. The van der Waals surface area contributed by atoms with Gasteiger partial charge in [0, 0.05) is 39.3 Å². The lowest BCUT2D eigenvalue weighted by Crippen LogP contribution is -2.49. The van der Waals surface area contributed by atoms with Gasteiger partial charge in [-0.1, -0.05) is 19.1 Å². The Morgan fingerprint density at radius 3 is 2.23 bits per heavy atom. The summed E-state index contributed by atoms with van der Waals surface area (Å²) in [5.74, 6) is 1.85. The van der Waals surface area contributed by atoms with Crippen molar-refractivity contribution in [3.05, 3.63) is 12.2 Å². The Balaban J connectivity index is 0.00000338. The monoisotopic (exact) mass is 477 g/mol. The summed E-state index contributed by atoms with van der Waals surface area (Å²) in [6, 6.07) is 0.542. The quantitative estimate of drug-likeness (QED) is 0.256. The van der Waals surface area contributed by atoms with Crippen molar-refractivity contribution < 1.29 is 0 Å². The molecule has 26 heavy (non-hydrogen) atoms. The average Bonchev–Trinajstić information content (AvgIpc) is 2.62. The van der Waals surface area contributed by atoms with E-state index in [9.17, 15) is 0 Å². The van der Waals surface area contributed by atoms with Gasteiger partial charge in [-0.05, 0) is 64.6 Å². The van der Waals surface area contributed by atoms with Gasteiger partial charge in [0.1, 0.15) is 0 Å². The van der Waals surface area contributed by atoms with Crippen LogP contribution in [0.25, 0.3) is 0 Å². The fraction of sp³-hybridized carbons (Fsp3) is 0.850. The Morgan fingerprint density at radius 1 is 1.08 bits per heavy atom. The van der Waals surface area contributed by atoms with E-state index >= 15 is 0 Å². The molecule has 0 atom stereocenters. The van der Waals surface area contributed by atoms with Crippen LogP contribution in [0.5, 0.6) is 0 Å². The SMILES string of the molecule is C=C(C)CN1CCC(NC(=NC)NCCC2CCN(CC)CC2)CC1.I. The van der Waals surface area contributed by atoms with Crippen molar-refractivity contribution >= 4 is 29.9 Å². The minimum atomic E-state index is 0. The third-order valence-corrected chi connectivity index (χ3v) is 5.64. The number of aliphatic imine (C=N–C) groups is 1. The molecule has 2 saturated heterocycles. The second-order valence-corrected chi connectivity index (χ2v) is 7.82. The van der Waals surface area contributed by atoms with E-state index in [0.717, 1.165) is 38.1 Å². The smallest absolute Gasteiger partial charge is 0.191 e. The van der Waals surface area contributed by atoms with Gasteiger partial charge in [-0.3, -0.25) is 9.89 Å². The molecule has 0 aromatic carbocycles. The zero-order valence-electron chi connectivity index (χ0n) is 17.1.